The van der Waals surface area contributed by atoms with Crippen molar-refractivity contribution in [2.24, 2.45) is 11.1 Å². The number of halogens is 2. The highest BCUT2D eigenvalue weighted by Gasteiger charge is 2.40. The minimum Gasteiger partial charge on any atom is -0.493 e. The zero-order valence-electron chi connectivity index (χ0n) is 17.9. The number of amides is 2. The third-order valence-electron chi connectivity index (χ3n) is 5.81. The minimum absolute atomic E-state index is 0.0863. The van der Waals surface area contributed by atoms with Crippen LogP contribution in [-0.2, 0) is 4.79 Å². The van der Waals surface area contributed by atoms with Crippen molar-refractivity contribution in [3.63, 3.8) is 0 Å². The predicted molar refractivity (Wildman–Crippen MR) is 122 cm³/mol. The van der Waals surface area contributed by atoms with E-state index < -0.39 is 17.1 Å². The number of benzene rings is 2. The van der Waals surface area contributed by atoms with Gasteiger partial charge in [0.1, 0.15) is 17.3 Å². The van der Waals surface area contributed by atoms with Gasteiger partial charge in [-0.1, -0.05) is 23.7 Å². The lowest BCUT2D eigenvalue weighted by molar-refractivity contribution is -0.122. The molecule has 1 saturated heterocycles. The zero-order valence-corrected chi connectivity index (χ0v) is 18.7. The number of nitrogens with two attached hydrogens (primary N) is 1. The third-order valence-corrected chi connectivity index (χ3v) is 6.06. The number of piperidine rings is 1. The van der Waals surface area contributed by atoms with Crippen LogP contribution in [0.15, 0.2) is 65.1 Å². The smallest absolute Gasteiger partial charge is 0.289 e. The van der Waals surface area contributed by atoms with Gasteiger partial charge in [-0.15, -0.1) is 0 Å². The first-order valence-corrected chi connectivity index (χ1v) is 11.0. The Balaban J connectivity index is 1.51. The molecule has 2 aromatic carbocycles. The Kier molecular flexibility index (Phi) is 6.70. The molecule has 1 atom stereocenters. The molecule has 1 aromatic heterocycles. The molecule has 0 unspecified atom stereocenters. The number of hydrogen-bond donors (Lipinski definition) is 1. The molecular formula is C25H24ClFN2O4. The van der Waals surface area contributed by atoms with Crippen LogP contribution in [0.4, 0.5) is 4.39 Å². The van der Waals surface area contributed by atoms with E-state index in [2.05, 4.69) is 0 Å². The molecule has 4 rings (SSSR count). The lowest BCUT2D eigenvalue weighted by atomic mass is 9.77. The van der Waals surface area contributed by atoms with Crippen LogP contribution in [0.5, 0.6) is 5.75 Å². The molecule has 172 valence electrons. The van der Waals surface area contributed by atoms with Gasteiger partial charge in [-0.05, 0) is 61.4 Å². The summed E-state index contributed by atoms with van der Waals surface area (Å²) in [7, 11) is 0. The number of rotatable bonds is 7. The summed E-state index contributed by atoms with van der Waals surface area (Å²) < 4.78 is 25.7. The highest BCUT2D eigenvalue weighted by molar-refractivity contribution is 6.30. The van der Waals surface area contributed by atoms with Crippen LogP contribution < -0.4 is 10.5 Å². The van der Waals surface area contributed by atoms with Gasteiger partial charge < -0.3 is 19.8 Å². The molecule has 8 heteroatoms. The summed E-state index contributed by atoms with van der Waals surface area (Å²) in [4.78, 5) is 26.7. The van der Waals surface area contributed by atoms with Gasteiger partial charge in [0.2, 0.25) is 5.91 Å². The lowest BCUT2D eigenvalue weighted by Crippen LogP contribution is -2.50. The first-order valence-electron chi connectivity index (χ1n) is 10.7. The van der Waals surface area contributed by atoms with Crippen molar-refractivity contribution < 1.29 is 23.1 Å². The molecule has 1 fully saturated rings. The van der Waals surface area contributed by atoms with Gasteiger partial charge in [0.05, 0.1) is 12.2 Å². The Morgan fingerprint density at radius 2 is 1.88 bits per heavy atom. The van der Waals surface area contributed by atoms with Crippen molar-refractivity contribution >= 4 is 23.4 Å². The SMILES string of the molecule is NC(=O)C[C@]1(COc2ccc(Cl)cc2)CCCN(C(=O)c2ccc(-c3ccccc3F)o2)C1. The first-order chi connectivity index (χ1) is 15.8. The van der Waals surface area contributed by atoms with Crippen molar-refractivity contribution in [3.05, 3.63) is 77.3 Å². The van der Waals surface area contributed by atoms with Crippen molar-refractivity contribution in [2.45, 2.75) is 19.3 Å². The summed E-state index contributed by atoms with van der Waals surface area (Å²) in [5.74, 6) is -0.193. The molecule has 6 nitrogen and oxygen atoms in total. The summed E-state index contributed by atoms with van der Waals surface area (Å²) in [6.45, 7) is 1.02. The summed E-state index contributed by atoms with van der Waals surface area (Å²) in [5.41, 5.74) is 5.20. The number of nitrogens with zero attached hydrogens (tertiary/aromatic N) is 1. The van der Waals surface area contributed by atoms with Crippen LogP contribution in [-0.4, -0.2) is 36.4 Å². The monoisotopic (exact) mass is 470 g/mol. The average Bonchev–Trinajstić information content (AvgIpc) is 3.28. The summed E-state index contributed by atoms with van der Waals surface area (Å²) in [5, 5.41) is 0.594. The van der Waals surface area contributed by atoms with Crippen molar-refractivity contribution in [1.29, 1.82) is 0 Å². The second kappa shape index (κ2) is 9.67. The van der Waals surface area contributed by atoms with Gasteiger partial charge in [0.15, 0.2) is 5.76 Å². The molecule has 3 aromatic rings. The fourth-order valence-electron chi connectivity index (χ4n) is 4.25. The van der Waals surface area contributed by atoms with Crippen LogP contribution in [0.3, 0.4) is 0 Å². The van der Waals surface area contributed by atoms with Crippen LogP contribution in [0.25, 0.3) is 11.3 Å². The van der Waals surface area contributed by atoms with E-state index in [0.717, 1.165) is 0 Å². The van der Waals surface area contributed by atoms with E-state index in [1.165, 1.54) is 6.07 Å². The summed E-state index contributed by atoms with van der Waals surface area (Å²) >= 11 is 5.93. The van der Waals surface area contributed by atoms with E-state index >= 15 is 0 Å². The molecule has 0 spiro atoms. The van der Waals surface area contributed by atoms with E-state index in [4.69, 9.17) is 26.5 Å². The molecule has 2 heterocycles. The van der Waals surface area contributed by atoms with E-state index in [1.807, 2.05) is 0 Å². The largest absolute Gasteiger partial charge is 0.493 e. The zero-order chi connectivity index (χ0) is 23.4. The van der Waals surface area contributed by atoms with Gasteiger partial charge in [-0.25, -0.2) is 4.39 Å². The fourth-order valence-corrected chi connectivity index (χ4v) is 4.37. The predicted octanol–water partition coefficient (Wildman–Crippen LogP) is 4.92. The number of furan rings is 1. The van der Waals surface area contributed by atoms with Crippen LogP contribution >= 0.6 is 11.6 Å². The number of ether oxygens (including phenoxy) is 1. The molecular weight excluding hydrogens is 447 g/mol. The van der Waals surface area contributed by atoms with Gasteiger partial charge >= 0.3 is 0 Å². The van der Waals surface area contributed by atoms with E-state index in [0.29, 0.717) is 30.2 Å². The Bertz CT molecular complexity index is 1150. The number of hydrogen-bond acceptors (Lipinski definition) is 4. The molecule has 2 amide bonds. The topological polar surface area (TPSA) is 85.8 Å². The highest BCUT2D eigenvalue weighted by atomic mass is 35.5. The fraction of sp³-hybridized carbons (Fsp3) is 0.280. The third kappa shape index (κ3) is 5.37. The molecule has 1 aliphatic heterocycles. The Labute approximate surface area is 196 Å². The highest BCUT2D eigenvalue weighted by Crippen LogP contribution is 2.35. The molecule has 0 bridgehead atoms. The lowest BCUT2D eigenvalue weighted by Gasteiger charge is -2.41. The molecule has 2 N–H and O–H groups in total. The number of carbonyl (C=O) groups is 2. The molecule has 0 aliphatic carbocycles. The molecule has 1 aliphatic rings. The van der Waals surface area contributed by atoms with Gasteiger partial charge in [0.25, 0.3) is 5.91 Å². The normalized spacial score (nSPS) is 18.2. The maximum Gasteiger partial charge on any atom is 0.289 e. The van der Waals surface area contributed by atoms with Crippen molar-refractivity contribution in [1.82, 2.24) is 4.90 Å². The van der Waals surface area contributed by atoms with Crippen LogP contribution in [0.2, 0.25) is 5.02 Å². The molecule has 0 radical (unpaired) electrons. The maximum absolute atomic E-state index is 14.1. The van der Waals surface area contributed by atoms with Crippen LogP contribution in [0.1, 0.15) is 29.8 Å². The quantitative estimate of drug-likeness (QED) is 0.531. The summed E-state index contributed by atoms with van der Waals surface area (Å²) in [6.07, 6.45) is 1.46. The Morgan fingerprint density at radius 3 is 2.61 bits per heavy atom. The molecule has 0 saturated carbocycles. The second-order valence-corrected chi connectivity index (χ2v) is 8.80. The standard InChI is InChI=1S/C25H24ClFN2O4/c26-17-6-8-18(9-7-17)32-16-25(14-23(28)30)12-3-13-29(15-25)24(31)22-11-10-21(33-22)19-4-1-2-5-20(19)27/h1-2,4-11H,3,12-16H2,(H2,28,30)/t25-/m1/s1. The van der Waals surface area contributed by atoms with Crippen molar-refractivity contribution in [2.75, 3.05) is 19.7 Å². The van der Waals surface area contributed by atoms with Gasteiger partial charge in [0, 0.05) is 29.9 Å². The van der Waals surface area contributed by atoms with E-state index in [-0.39, 0.29) is 42.6 Å². The van der Waals surface area contributed by atoms with Crippen LogP contribution in [0, 0.1) is 11.2 Å². The van der Waals surface area contributed by atoms with Gasteiger partial charge in [-0.3, -0.25) is 9.59 Å². The van der Waals surface area contributed by atoms with Crippen molar-refractivity contribution in [3.8, 4) is 17.1 Å². The summed E-state index contributed by atoms with van der Waals surface area (Å²) in [6, 6.07) is 16.3. The molecule has 33 heavy (non-hydrogen) atoms. The second-order valence-electron chi connectivity index (χ2n) is 8.36. The van der Waals surface area contributed by atoms with E-state index in [9.17, 15) is 14.0 Å². The van der Waals surface area contributed by atoms with E-state index in [1.54, 1.807) is 59.5 Å². The number of primary amides is 1. The Morgan fingerprint density at radius 1 is 1.12 bits per heavy atom. The maximum atomic E-state index is 14.1. The van der Waals surface area contributed by atoms with Gasteiger partial charge in [-0.2, -0.15) is 0 Å². The Hall–Kier alpha value is -3.32. The number of likely N-dealkylation sites (tertiary alicyclic amines) is 1. The first kappa shape index (κ1) is 22.9. The minimum atomic E-state index is -0.625. The average molecular weight is 471 g/mol. The number of carbonyl (C=O) groups excluding carboxylic acids is 2.